The van der Waals surface area contributed by atoms with E-state index in [1.54, 1.807) is 24.3 Å². The normalized spacial score (nSPS) is 15.8. The van der Waals surface area contributed by atoms with E-state index in [1.807, 2.05) is 0 Å². The second-order valence-corrected chi connectivity index (χ2v) is 6.46. The van der Waals surface area contributed by atoms with Crippen LogP contribution in [-0.4, -0.2) is 47.1 Å². The number of aromatic carboxylic acids is 1. The summed E-state index contributed by atoms with van der Waals surface area (Å²) in [6.45, 7) is 1.40. The lowest BCUT2D eigenvalue weighted by Gasteiger charge is -2.11. The number of nitrogens with zero attached hydrogens (tertiary/aromatic N) is 1. The van der Waals surface area contributed by atoms with Crippen molar-refractivity contribution in [2.24, 2.45) is 0 Å². The molecule has 2 heterocycles. The number of benzene rings is 1. The van der Waals surface area contributed by atoms with Gasteiger partial charge in [0.15, 0.2) is 0 Å². The third-order valence-corrected chi connectivity index (χ3v) is 4.40. The van der Waals surface area contributed by atoms with Crippen molar-refractivity contribution in [2.45, 2.75) is 25.5 Å². The Bertz CT molecular complexity index is 878. The second kappa shape index (κ2) is 9.09. The van der Waals surface area contributed by atoms with E-state index >= 15 is 0 Å². The first-order valence-electron chi connectivity index (χ1n) is 8.99. The molecule has 8 heteroatoms. The molecule has 1 unspecified atom stereocenters. The van der Waals surface area contributed by atoms with Crippen molar-refractivity contribution in [3.63, 3.8) is 0 Å². The molecule has 0 saturated carbocycles. The number of hydrogen-bond acceptors (Lipinski definition) is 5. The summed E-state index contributed by atoms with van der Waals surface area (Å²) in [5, 5.41) is 14.5. The van der Waals surface area contributed by atoms with Crippen LogP contribution < -0.4 is 10.6 Å². The van der Waals surface area contributed by atoms with Gasteiger partial charge in [-0.2, -0.15) is 0 Å². The van der Waals surface area contributed by atoms with E-state index in [0.29, 0.717) is 12.1 Å². The predicted molar refractivity (Wildman–Crippen MR) is 100 cm³/mol. The number of carbonyl (C=O) groups excluding carboxylic acids is 2. The number of carboxylic acids is 1. The van der Waals surface area contributed by atoms with E-state index < -0.39 is 11.9 Å². The summed E-state index contributed by atoms with van der Waals surface area (Å²) in [4.78, 5) is 39.4. The standard InChI is InChI=1S/C20H21N3O5/c24-18(23-12-16-5-2-8-28-16)14-4-1-3-13(9-14)11-22-19(25)17-10-15(20(26)27)6-7-21-17/h1,3-4,6-7,9-10,16H,2,5,8,11-12H2,(H,22,25)(H,23,24)(H,26,27). The molecule has 1 aromatic heterocycles. The molecule has 2 aromatic rings. The number of pyridine rings is 1. The molecule has 0 spiro atoms. The number of ether oxygens (including phenoxy) is 1. The van der Waals surface area contributed by atoms with Crippen LogP contribution in [0.3, 0.4) is 0 Å². The van der Waals surface area contributed by atoms with Gasteiger partial charge in [-0.15, -0.1) is 0 Å². The van der Waals surface area contributed by atoms with Crippen molar-refractivity contribution < 1.29 is 24.2 Å². The molecule has 0 bridgehead atoms. The molecule has 1 fully saturated rings. The number of hydrogen-bond donors (Lipinski definition) is 3. The zero-order valence-electron chi connectivity index (χ0n) is 15.2. The number of amides is 2. The Morgan fingerprint density at radius 3 is 2.71 bits per heavy atom. The molecule has 0 radical (unpaired) electrons. The molecule has 146 valence electrons. The first-order valence-corrected chi connectivity index (χ1v) is 8.99. The zero-order chi connectivity index (χ0) is 19.9. The van der Waals surface area contributed by atoms with Crippen LogP contribution >= 0.6 is 0 Å². The number of rotatable bonds is 7. The predicted octanol–water partition coefficient (Wildman–Crippen LogP) is 1.62. The van der Waals surface area contributed by atoms with Gasteiger partial charge in [0.1, 0.15) is 5.69 Å². The zero-order valence-corrected chi connectivity index (χ0v) is 15.2. The summed E-state index contributed by atoms with van der Waals surface area (Å²) >= 11 is 0. The fourth-order valence-electron chi connectivity index (χ4n) is 2.90. The van der Waals surface area contributed by atoms with Crippen molar-refractivity contribution in [2.75, 3.05) is 13.2 Å². The maximum Gasteiger partial charge on any atom is 0.335 e. The first kappa shape index (κ1) is 19.5. The minimum atomic E-state index is -1.13. The Morgan fingerprint density at radius 1 is 1.11 bits per heavy atom. The van der Waals surface area contributed by atoms with Crippen LogP contribution in [0.1, 0.15) is 49.6 Å². The number of carboxylic acid groups (broad SMARTS) is 1. The van der Waals surface area contributed by atoms with E-state index in [9.17, 15) is 14.4 Å². The average molecular weight is 383 g/mol. The fourth-order valence-corrected chi connectivity index (χ4v) is 2.90. The molecule has 2 amide bonds. The lowest BCUT2D eigenvalue weighted by atomic mass is 10.1. The Morgan fingerprint density at radius 2 is 1.96 bits per heavy atom. The smallest absolute Gasteiger partial charge is 0.335 e. The van der Waals surface area contributed by atoms with Crippen molar-refractivity contribution in [1.82, 2.24) is 15.6 Å². The van der Waals surface area contributed by atoms with Gasteiger partial charge in [-0.1, -0.05) is 12.1 Å². The van der Waals surface area contributed by atoms with Gasteiger partial charge in [0, 0.05) is 31.5 Å². The largest absolute Gasteiger partial charge is 0.478 e. The molecular formula is C20H21N3O5. The van der Waals surface area contributed by atoms with E-state index in [4.69, 9.17) is 9.84 Å². The molecule has 1 aromatic carbocycles. The SMILES string of the molecule is O=C(O)c1ccnc(C(=O)NCc2cccc(C(=O)NCC3CCCO3)c2)c1. The maximum absolute atomic E-state index is 12.3. The minimum absolute atomic E-state index is 0.00920. The van der Waals surface area contributed by atoms with Crippen LogP contribution in [0.15, 0.2) is 42.6 Å². The highest BCUT2D eigenvalue weighted by Crippen LogP contribution is 2.11. The summed E-state index contributed by atoms with van der Waals surface area (Å²) in [6.07, 6.45) is 3.31. The van der Waals surface area contributed by atoms with Crippen molar-refractivity contribution in [1.29, 1.82) is 0 Å². The van der Waals surface area contributed by atoms with Crippen molar-refractivity contribution in [3.05, 3.63) is 65.0 Å². The first-order chi connectivity index (χ1) is 13.5. The Balaban J connectivity index is 1.56. The van der Waals surface area contributed by atoms with Crippen LogP contribution in [0.2, 0.25) is 0 Å². The van der Waals surface area contributed by atoms with Crippen LogP contribution in [0.5, 0.6) is 0 Å². The molecule has 1 aliphatic heterocycles. The van der Waals surface area contributed by atoms with Crippen LogP contribution in [-0.2, 0) is 11.3 Å². The summed E-state index contributed by atoms with van der Waals surface area (Å²) < 4.78 is 5.49. The molecule has 1 saturated heterocycles. The Kier molecular flexibility index (Phi) is 6.33. The number of aromatic nitrogens is 1. The lowest BCUT2D eigenvalue weighted by Crippen LogP contribution is -2.31. The summed E-state index contributed by atoms with van der Waals surface area (Å²) in [5.74, 6) is -1.81. The van der Waals surface area contributed by atoms with E-state index in [1.165, 1.54) is 18.3 Å². The molecular weight excluding hydrogens is 362 g/mol. The second-order valence-electron chi connectivity index (χ2n) is 6.46. The average Bonchev–Trinajstić information content (AvgIpc) is 3.24. The molecule has 28 heavy (non-hydrogen) atoms. The van der Waals surface area contributed by atoms with Gasteiger partial charge in [-0.05, 0) is 42.7 Å². The highest BCUT2D eigenvalue weighted by molar-refractivity contribution is 5.96. The lowest BCUT2D eigenvalue weighted by molar-refractivity contribution is 0.0696. The van der Waals surface area contributed by atoms with Gasteiger partial charge >= 0.3 is 5.97 Å². The van der Waals surface area contributed by atoms with Gasteiger partial charge < -0.3 is 20.5 Å². The summed E-state index contributed by atoms with van der Waals surface area (Å²) in [6, 6.07) is 9.47. The van der Waals surface area contributed by atoms with Gasteiger partial charge in [0.05, 0.1) is 11.7 Å². The number of carbonyl (C=O) groups is 3. The highest BCUT2D eigenvalue weighted by Gasteiger charge is 2.17. The number of nitrogens with one attached hydrogen (secondary N) is 2. The Labute approximate surface area is 161 Å². The van der Waals surface area contributed by atoms with Crippen molar-refractivity contribution >= 4 is 17.8 Å². The van der Waals surface area contributed by atoms with E-state index in [-0.39, 0.29) is 29.8 Å². The molecule has 0 aliphatic carbocycles. The topological polar surface area (TPSA) is 118 Å². The fraction of sp³-hybridized carbons (Fsp3) is 0.300. The van der Waals surface area contributed by atoms with Gasteiger partial charge in [0.25, 0.3) is 11.8 Å². The third-order valence-electron chi connectivity index (χ3n) is 4.40. The summed E-state index contributed by atoms with van der Waals surface area (Å²) in [7, 11) is 0. The van der Waals surface area contributed by atoms with Crippen molar-refractivity contribution in [3.8, 4) is 0 Å². The molecule has 3 N–H and O–H groups in total. The molecule has 3 rings (SSSR count). The van der Waals surface area contributed by atoms with Crippen LogP contribution in [0.25, 0.3) is 0 Å². The molecule has 1 aliphatic rings. The van der Waals surface area contributed by atoms with Gasteiger partial charge in [-0.3, -0.25) is 14.6 Å². The van der Waals surface area contributed by atoms with Gasteiger partial charge in [0.2, 0.25) is 0 Å². The molecule has 1 atom stereocenters. The Hall–Kier alpha value is -3.26. The third kappa shape index (κ3) is 5.14. The van der Waals surface area contributed by atoms with Crippen LogP contribution in [0.4, 0.5) is 0 Å². The minimum Gasteiger partial charge on any atom is -0.478 e. The maximum atomic E-state index is 12.3. The highest BCUT2D eigenvalue weighted by atomic mass is 16.5. The quantitative estimate of drug-likeness (QED) is 0.669. The van der Waals surface area contributed by atoms with E-state index in [0.717, 1.165) is 25.0 Å². The van der Waals surface area contributed by atoms with Gasteiger partial charge in [-0.25, -0.2) is 4.79 Å². The monoisotopic (exact) mass is 383 g/mol. The van der Waals surface area contributed by atoms with E-state index in [2.05, 4.69) is 15.6 Å². The summed E-state index contributed by atoms with van der Waals surface area (Å²) in [5.41, 5.74) is 1.25. The van der Waals surface area contributed by atoms with Crippen LogP contribution in [0, 0.1) is 0 Å². The molecule has 8 nitrogen and oxygen atoms in total.